The normalized spacial score (nSPS) is 12.3. The molecule has 4 heteroatoms. The molecule has 0 amide bonds. The zero-order valence-electron chi connectivity index (χ0n) is 11.3. The lowest BCUT2D eigenvalue weighted by Gasteiger charge is -2.15. The second-order valence-electron chi connectivity index (χ2n) is 4.67. The van der Waals surface area contributed by atoms with E-state index in [4.69, 9.17) is 10.5 Å². The Morgan fingerprint density at radius 2 is 2.00 bits per heavy atom. The molecule has 0 unspecified atom stereocenters. The van der Waals surface area contributed by atoms with Crippen LogP contribution in [0.1, 0.15) is 29.8 Å². The fourth-order valence-electron chi connectivity index (χ4n) is 1.76. The van der Waals surface area contributed by atoms with Gasteiger partial charge in [0.15, 0.2) is 0 Å². The summed E-state index contributed by atoms with van der Waals surface area (Å²) in [5, 5.41) is 0. The zero-order chi connectivity index (χ0) is 14.0. The Balaban J connectivity index is 2.38. The highest BCUT2D eigenvalue weighted by Crippen LogP contribution is 2.30. The molecular formula is C15H17FN2O. The van der Waals surface area contributed by atoms with Gasteiger partial charge in [0.1, 0.15) is 17.3 Å². The highest BCUT2D eigenvalue weighted by Gasteiger charge is 2.13. The number of halogens is 1. The molecule has 0 spiro atoms. The molecule has 0 aliphatic rings. The van der Waals surface area contributed by atoms with Gasteiger partial charge in [-0.05, 0) is 50.6 Å². The monoisotopic (exact) mass is 260 g/mol. The van der Waals surface area contributed by atoms with E-state index in [9.17, 15) is 4.39 Å². The Morgan fingerprint density at radius 1 is 1.26 bits per heavy atom. The van der Waals surface area contributed by atoms with Crippen LogP contribution in [0.15, 0.2) is 30.5 Å². The van der Waals surface area contributed by atoms with Crippen LogP contribution in [0.3, 0.4) is 0 Å². The van der Waals surface area contributed by atoms with Crippen LogP contribution in [0.25, 0.3) is 0 Å². The van der Waals surface area contributed by atoms with Crippen LogP contribution in [0, 0.1) is 19.7 Å². The van der Waals surface area contributed by atoms with Gasteiger partial charge in [-0.3, -0.25) is 4.98 Å². The molecule has 2 N–H and O–H groups in total. The van der Waals surface area contributed by atoms with Gasteiger partial charge in [0.2, 0.25) is 0 Å². The summed E-state index contributed by atoms with van der Waals surface area (Å²) in [7, 11) is 0. The standard InChI is InChI=1S/C15H17FN2O/c1-9-6-15(13(11(3)17)7-14(9)16)19-12-5-4-10(2)18-8-12/h4-8,11H,17H2,1-3H3/t11-/m1/s1. The third-order valence-corrected chi connectivity index (χ3v) is 2.89. The molecule has 1 atom stereocenters. The van der Waals surface area contributed by atoms with E-state index in [1.54, 1.807) is 26.1 Å². The fraction of sp³-hybridized carbons (Fsp3) is 0.267. The van der Waals surface area contributed by atoms with E-state index in [1.807, 2.05) is 19.1 Å². The van der Waals surface area contributed by atoms with Crippen molar-refractivity contribution in [3.8, 4) is 11.5 Å². The van der Waals surface area contributed by atoms with Crippen molar-refractivity contribution in [1.82, 2.24) is 4.98 Å². The summed E-state index contributed by atoms with van der Waals surface area (Å²) in [6.45, 7) is 5.39. The molecule has 0 radical (unpaired) electrons. The van der Waals surface area contributed by atoms with Crippen LogP contribution >= 0.6 is 0 Å². The minimum absolute atomic E-state index is 0.276. The van der Waals surface area contributed by atoms with Gasteiger partial charge in [0, 0.05) is 17.3 Å². The number of hydrogen-bond acceptors (Lipinski definition) is 3. The van der Waals surface area contributed by atoms with Crippen LogP contribution in [0.2, 0.25) is 0 Å². The van der Waals surface area contributed by atoms with E-state index in [0.717, 1.165) is 5.69 Å². The quantitative estimate of drug-likeness (QED) is 0.916. The van der Waals surface area contributed by atoms with E-state index in [0.29, 0.717) is 22.6 Å². The minimum Gasteiger partial charge on any atom is -0.455 e. The van der Waals surface area contributed by atoms with E-state index < -0.39 is 0 Å². The molecule has 0 bridgehead atoms. The van der Waals surface area contributed by atoms with E-state index in [-0.39, 0.29) is 11.9 Å². The van der Waals surface area contributed by atoms with Gasteiger partial charge >= 0.3 is 0 Å². The maximum Gasteiger partial charge on any atom is 0.145 e. The first-order valence-electron chi connectivity index (χ1n) is 6.13. The topological polar surface area (TPSA) is 48.1 Å². The van der Waals surface area contributed by atoms with Crippen molar-refractivity contribution in [3.05, 3.63) is 53.1 Å². The predicted molar refractivity (Wildman–Crippen MR) is 72.8 cm³/mol. The van der Waals surface area contributed by atoms with Gasteiger partial charge in [-0.15, -0.1) is 0 Å². The first-order valence-corrected chi connectivity index (χ1v) is 6.13. The van der Waals surface area contributed by atoms with Crippen molar-refractivity contribution in [3.63, 3.8) is 0 Å². The Labute approximate surface area is 112 Å². The van der Waals surface area contributed by atoms with Crippen molar-refractivity contribution < 1.29 is 9.13 Å². The number of aryl methyl sites for hydroxylation is 2. The van der Waals surface area contributed by atoms with Crippen molar-refractivity contribution >= 4 is 0 Å². The molecule has 2 aromatic rings. The van der Waals surface area contributed by atoms with Gasteiger partial charge in [0.05, 0.1) is 6.20 Å². The smallest absolute Gasteiger partial charge is 0.145 e. The number of benzene rings is 1. The SMILES string of the molecule is Cc1ccc(Oc2cc(C)c(F)cc2[C@@H](C)N)cn1. The summed E-state index contributed by atoms with van der Waals surface area (Å²) in [6, 6.07) is 6.47. The van der Waals surface area contributed by atoms with Crippen LogP contribution in [0.4, 0.5) is 4.39 Å². The first-order chi connectivity index (χ1) is 8.97. The lowest BCUT2D eigenvalue weighted by molar-refractivity contribution is 0.466. The summed E-state index contributed by atoms with van der Waals surface area (Å²) >= 11 is 0. The third-order valence-electron chi connectivity index (χ3n) is 2.89. The third kappa shape index (κ3) is 3.09. The number of rotatable bonds is 3. The lowest BCUT2D eigenvalue weighted by atomic mass is 10.1. The molecule has 0 aliphatic heterocycles. The summed E-state index contributed by atoms with van der Waals surface area (Å²) in [6.07, 6.45) is 1.64. The molecular weight excluding hydrogens is 243 g/mol. The first kappa shape index (κ1) is 13.5. The number of nitrogens with zero attached hydrogens (tertiary/aromatic N) is 1. The van der Waals surface area contributed by atoms with Gasteiger partial charge in [-0.1, -0.05) is 0 Å². The number of pyridine rings is 1. The Bertz CT molecular complexity index is 579. The molecule has 0 aliphatic carbocycles. The number of hydrogen-bond donors (Lipinski definition) is 1. The molecule has 1 aromatic heterocycles. The average Bonchev–Trinajstić information content (AvgIpc) is 2.36. The van der Waals surface area contributed by atoms with Crippen molar-refractivity contribution in [2.45, 2.75) is 26.8 Å². The second kappa shape index (κ2) is 5.36. The zero-order valence-corrected chi connectivity index (χ0v) is 11.3. The number of ether oxygens (including phenoxy) is 1. The van der Waals surface area contributed by atoms with E-state index in [2.05, 4.69) is 4.98 Å². The molecule has 19 heavy (non-hydrogen) atoms. The summed E-state index contributed by atoms with van der Waals surface area (Å²) in [4.78, 5) is 4.16. The van der Waals surface area contributed by atoms with Crippen LogP contribution in [-0.4, -0.2) is 4.98 Å². The van der Waals surface area contributed by atoms with Gasteiger partial charge in [-0.2, -0.15) is 0 Å². The molecule has 100 valence electrons. The maximum atomic E-state index is 13.6. The maximum absolute atomic E-state index is 13.6. The van der Waals surface area contributed by atoms with Crippen LogP contribution in [-0.2, 0) is 0 Å². The highest BCUT2D eigenvalue weighted by molar-refractivity contribution is 5.42. The predicted octanol–water partition coefficient (Wildman–Crippen LogP) is 3.65. The molecule has 0 fully saturated rings. The fourth-order valence-corrected chi connectivity index (χ4v) is 1.76. The van der Waals surface area contributed by atoms with Crippen molar-refractivity contribution in [1.29, 1.82) is 0 Å². The summed E-state index contributed by atoms with van der Waals surface area (Å²) < 4.78 is 19.3. The van der Waals surface area contributed by atoms with Gasteiger partial charge < -0.3 is 10.5 Å². The molecule has 3 nitrogen and oxygen atoms in total. The Morgan fingerprint density at radius 3 is 2.58 bits per heavy atom. The van der Waals surface area contributed by atoms with Crippen molar-refractivity contribution in [2.75, 3.05) is 0 Å². The number of aromatic nitrogens is 1. The summed E-state index contributed by atoms with van der Waals surface area (Å²) in [5.41, 5.74) is 7.93. The molecule has 1 heterocycles. The lowest BCUT2D eigenvalue weighted by Crippen LogP contribution is -2.08. The molecule has 1 aromatic carbocycles. The number of nitrogens with two attached hydrogens (primary N) is 1. The molecule has 0 saturated carbocycles. The van der Waals surface area contributed by atoms with E-state index in [1.165, 1.54) is 6.07 Å². The Hall–Kier alpha value is -1.94. The largest absolute Gasteiger partial charge is 0.455 e. The minimum atomic E-state index is -0.302. The Kier molecular flexibility index (Phi) is 3.81. The van der Waals surface area contributed by atoms with Gasteiger partial charge in [-0.25, -0.2) is 4.39 Å². The highest BCUT2D eigenvalue weighted by atomic mass is 19.1. The van der Waals surface area contributed by atoms with Crippen molar-refractivity contribution in [2.24, 2.45) is 5.73 Å². The van der Waals surface area contributed by atoms with Crippen LogP contribution in [0.5, 0.6) is 11.5 Å². The average molecular weight is 260 g/mol. The van der Waals surface area contributed by atoms with Gasteiger partial charge in [0.25, 0.3) is 0 Å². The molecule has 2 rings (SSSR count). The van der Waals surface area contributed by atoms with E-state index >= 15 is 0 Å². The second-order valence-corrected chi connectivity index (χ2v) is 4.67. The molecule has 0 saturated heterocycles. The summed E-state index contributed by atoms with van der Waals surface area (Å²) in [5.74, 6) is 0.903. The van der Waals surface area contributed by atoms with Crippen LogP contribution < -0.4 is 10.5 Å².